The van der Waals surface area contributed by atoms with Gasteiger partial charge in [0.15, 0.2) is 5.69 Å². The molecule has 1 aromatic carbocycles. The van der Waals surface area contributed by atoms with Gasteiger partial charge in [-0.05, 0) is 23.1 Å². The maximum absolute atomic E-state index is 12.0. The summed E-state index contributed by atoms with van der Waals surface area (Å²) in [6, 6.07) is 9.85. The number of hydrogen-bond acceptors (Lipinski definition) is 3. The summed E-state index contributed by atoms with van der Waals surface area (Å²) in [6.07, 6.45) is 1.62. The highest BCUT2D eigenvalue weighted by Crippen LogP contribution is 2.20. The lowest BCUT2D eigenvalue weighted by atomic mass is 9.92. The van der Waals surface area contributed by atoms with E-state index in [1.807, 2.05) is 12.1 Å². The molecule has 0 atom stereocenters. The van der Waals surface area contributed by atoms with E-state index in [-0.39, 0.29) is 11.3 Å². The van der Waals surface area contributed by atoms with E-state index in [0.29, 0.717) is 11.6 Å². The number of nitrogens with one attached hydrogen (secondary N) is 2. The Balaban J connectivity index is 1.97. The molecule has 0 aliphatic carbocycles. The van der Waals surface area contributed by atoms with E-state index in [1.165, 1.54) is 5.56 Å². The van der Waals surface area contributed by atoms with Crippen LogP contribution in [0, 0.1) is 0 Å². The molecule has 1 heterocycles. The van der Waals surface area contributed by atoms with Crippen LogP contribution in [-0.2, 0) is 5.41 Å². The topological polar surface area (TPSA) is 70.1 Å². The number of hydrogen-bond donors (Lipinski definition) is 2. The highest BCUT2D eigenvalue weighted by molar-refractivity contribution is 5.93. The third-order valence-corrected chi connectivity index (χ3v) is 3.60. The Kier molecular flexibility index (Phi) is 4.98. The molecular weight excluding hydrogens is 288 g/mol. The van der Waals surface area contributed by atoms with Crippen LogP contribution in [0.2, 0.25) is 0 Å². The number of rotatable bonds is 4. The van der Waals surface area contributed by atoms with Crippen molar-refractivity contribution in [1.82, 2.24) is 15.6 Å². The first-order valence-electron chi connectivity index (χ1n) is 7.76. The van der Waals surface area contributed by atoms with Crippen LogP contribution < -0.4 is 5.43 Å². The van der Waals surface area contributed by atoms with Gasteiger partial charge in [0.25, 0.3) is 5.91 Å². The minimum Gasteiger partial charge on any atom is -0.281 e. The third-order valence-electron chi connectivity index (χ3n) is 3.60. The lowest BCUT2D eigenvalue weighted by Crippen LogP contribution is -2.18. The number of carbonyl (C=O) groups is 1. The van der Waals surface area contributed by atoms with Crippen LogP contribution in [0.1, 0.15) is 67.8 Å². The second kappa shape index (κ2) is 6.77. The van der Waals surface area contributed by atoms with Crippen molar-refractivity contribution < 1.29 is 4.79 Å². The quantitative estimate of drug-likeness (QED) is 0.669. The van der Waals surface area contributed by atoms with Crippen molar-refractivity contribution in [2.24, 2.45) is 5.10 Å². The van der Waals surface area contributed by atoms with Crippen molar-refractivity contribution in [3.05, 3.63) is 52.8 Å². The Morgan fingerprint density at radius 2 is 1.91 bits per heavy atom. The first kappa shape index (κ1) is 16.9. The van der Waals surface area contributed by atoms with Gasteiger partial charge in [-0.15, -0.1) is 0 Å². The van der Waals surface area contributed by atoms with Crippen LogP contribution in [0.15, 0.2) is 35.4 Å². The summed E-state index contributed by atoms with van der Waals surface area (Å²) in [5, 5.41) is 10.9. The van der Waals surface area contributed by atoms with Crippen LogP contribution in [0.3, 0.4) is 0 Å². The fourth-order valence-electron chi connectivity index (χ4n) is 2.01. The van der Waals surface area contributed by atoms with Gasteiger partial charge in [0.05, 0.1) is 6.21 Å². The van der Waals surface area contributed by atoms with Gasteiger partial charge < -0.3 is 0 Å². The fourth-order valence-corrected chi connectivity index (χ4v) is 2.01. The number of H-pyrrole nitrogens is 1. The zero-order valence-electron chi connectivity index (χ0n) is 14.3. The zero-order chi connectivity index (χ0) is 17.0. The normalized spacial score (nSPS) is 12.1. The van der Waals surface area contributed by atoms with Gasteiger partial charge >= 0.3 is 0 Å². The lowest BCUT2D eigenvalue weighted by Gasteiger charge is -2.14. The second-order valence-corrected chi connectivity index (χ2v) is 6.94. The van der Waals surface area contributed by atoms with Crippen molar-refractivity contribution >= 4 is 12.1 Å². The summed E-state index contributed by atoms with van der Waals surface area (Å²) in [4.78, 5) is 12.0. The molecule has 0 spiro atoms. The van der Waals surface area contributed by atoms with Gasteiger partial charge in [-0.2, -0.15) is 10.2 Å². The molecule has 2 rings (SSSR count). The molecule has 23 heavy (non-hydrogen) atoms. The van der Waals surface area contributed by atoms with Crippen LogP contribution in [0.25, 0.3) is 0 Å². The number of aromatic amines is 1. The maximum Gasteiger partial charge on any atom is 0.291 e. The second-order valence-electron chi connectivity index (χ2n) is 6.94. The SMILES string of the molecule is CC(C)c1ccc(C=NNC(=O)c2cc(C(C)(C)C)[nH]n2)cc1. The van der Waals surface area contributed by atoms with Crippen molar-refractivity contribution in [2.75, 3.05) is 0 Å². The number of benzene rings is 1. The summed E-state index contributed by atoms with van der Waals surface area (Å²) in [5.74, 6) is 0.171. The highest BCUT2D eigenvalue weighted by Gasteiger charge is 2.19. The molecule has 2 N–H and O–H groups in total. The largest absolute Gasteiger partial charge is 0.291 e. The molecule has 5 nitrogen and oxygen atoms in total. The van der Waals surface area contributed by atoms with E-state index in [2.05, 4.69) is 67.5 Å². The molecule has 0 fully saturated rings. The van der Waals surface area contributed by atoms with E-state index in [9.17, 15) is 4.79 Å². The Bertz CT molecular complexity index is 691. The van der Waals surface area contributed by atoms with Gasteiger partial charge in [-0.1, -0.05) is 58.9 Å². The molecule has 0 aliphatic heterocycles. The molecule has 0 saturated carbocycles. The summed E-state index contributed by atoms with van der Waals surface area (Å²) in [7, 11) is 0. The van der Waals surface area contributed by atoms with Gasteiger partial charge in [0.1, 0.15) is 0 Å². The predicted molar refractivity (Wildman–Crippen MR) is 92.9 cm³/mol. The van der Waals surface area contributed by atoms with Gasteiger partial charge in [0.2, 0.25) is 0 Å². The monoisotopic (exact) mass is 312 g/mol. The average Bonchev–Trinajstić information content (AvgIpc) is 2.97. The van der Waals surface area contributed by atoms with E-state index in [1.54, 1.807) is 12.3 Å². The molecule has 2 aromatic rings. The van der Waals surface area contributed by atoms with E-state index in [0.717, 1.165) is 11.3 Å². The average molecular weight is 312 g/mol. The maximum atomic E-state index is 12.0. The smallest absolute Gasteiger partial charge is 0.281 e. The van der Waals surface area contributed by atoms with E-state index >= 15 is 0 Å². The summed E-state index contributed by atoms with van der Waals surface area (Å²) in [6.45, 7) is 10.5. The van der Waals surface area contributed by atoms with Crippen LogP contribution in [0.4, 0.5) is 0 Å². The van der Waals surface area contributed by atoms with Crippen molar-refractivity contribution in [3.63, 3.8) is 0 Å². The van der Waals surface area contributed by atoms with Crippen LogP contribution >= 0.6 is 0 Å². The minimum atomic E-state index is -0.327. The molecule has 122 valence electrons. The number of aromatic nitrogens is 2. The Morgan fingerprint density at radius 3 is 2.43 bits per heavy atom. The summed E-state index contributed by atoms with van der Waals surface area (Å²) in [5.41, 5.74) is 5.88. The minimum absolute atomic E-state index is 0.0764. The molecule has 1 aromatic heterocycles. The van der Waals surface area contributed by atoms with Crippen molar-refractivity contribution in [1.29, 1.82) is 0 Å². The number of nitrogens with zero attached hydrogens (tertiary/aromatic N) is 2. The summed E-state index contributed by atoms with van der Waals surface area (Å²) < 4.78 is 0. The number of amides is 1. The van der Waals surface area contributed by atoms with E-state index < -0.39 is 0 Å². The first-order valence-corrected chi connectivity index (χ1v) is 7.76. The number of carbonyl (C=O) groups excluding carboxylic acids is 1. The predicted octanol–water partition coefficient (Wildman–Crippen LogP) is 3.59. The summed E-state index contributed by atoms with van der Waals surface area (Å²) >= 11 is 0. The lowest BCUT2D eigenvalue weighted by molar-refractivity contribution is 0.0950. The number of hydrazone groups is 1. The molecule has 0 bridgehead atoms. The van der Waals surface area contributed by atoms with Gasteiger partial charge in [-0.3, -0.25) is 9.89 Å². The third kappa shape index (κ3) is 4.52. The highest BCUT2D eigenvalue weighted by atomic mass is 16.2. The molecular formula is C18H24N4O. The Labute approximate surface area is 137 Å². The Morgan fingerprint density at radius 1 is 1.26 bits per heavy atom. The standard InChI is InChI=1S/C18H24N4O/c1-12(2)14-8-6-13(7-9-14)11-19-22-17(23)15-10-16(21-20-15)18(3,4)5/h6-12H,1-5H3,(H,20,21)(H,22,23). The first-order chi connectivity index (χ1) is 10.8. The van der Waals surface area contributed by atoms with Gasteiger partial charge in [-0.25, -0.2) is 5.43 Å². The van der Waals surface area contributed by atoms with Gasteiger partial charge in [0, 0.05) is 11.1 Å². The van der Waals surface area contributed by atoms with E-state index in [4.69, 9.17) is 0 Å². The Hall–Kier alpha value is -2.43. The molecule has 0 saturated heterocycles. The fraction of sp³-hybridized carbons (Fsp3) is 0.389. The van der Waals surface area contributed by atoms with Crippen molar-refractivity contribution in [2.45, 2.75) is 46.0 Å². The van der Waals surface area contributed by atoms with Crippen LogP contribution in [0.5, 0.6) is 0 Å². The molecule has 0 aliphatic rings. The molecule has 0 radical (unpaired) electrons. The molecule has 0 unspecified atom stereocenters. The van der Waals surface area contributed by atoms with Crippen molar-refractivity contribution in [3.8, 4) is 0 Å². The zero-order valence-corrected chi connectivity index (χ0v) is 14.3. The molecule has 1 amide bonds. The molecule has 5 heteroatoms. The van der Waals surface area contributed by atoms with Crippen LogP contribution in [-0.4, -0.2) is 22.3 Å².